The van der Waals surface area contributed by atoms with Gasteiger partial charge in [-0.1, -0.05) is 56.3 Å². The Morgan fingerprint density at radius 1 is 1.23 bits per heavy atom. The van der Waals surface area contributed by atoms with E-state index in [-0.39, 0.29) is 55.8 Å². The van der Waals surface area contributed by atoms with Gasteiger partial charge in [-0.2, -0.15) is 0 Å². The van der Waals surface area contributed by atoms with Crippen LogP contribution in [0.25, 0.3) is 0 Å². The first-order valence-electron chi connectivity index (χ1n) is 10.9. The van der Waals surface area contributed by atoms with Crippen molar-refractivity contribution in [3.63, 3.8) is 0 Å². The molecule has 1 heterocycles. The zero-order chi connectivity index (χ0) is 22.6. The zero-order valence-electron chi connectivity index (χ0n) is 18.4. The molecule has 0 aromatic heterocycles. The molecule has 1 aromatic carbocycles. The number of amides is 2. The molecule has 1 aliphatic rings. The first-order chi connectivity index (χ1) is 14.9. The Morgan fingerprint density at radius 2 is 1.97 bits per heavy atom. The van der Waals surface area contributed by atoms with Gasteiger partial charge in [0.15, 0.2) is 0 Å². The molecule has 3 atom stereocenters. The van der Waals surface area contributed by atoms with Crippen molar-refractivity contribution in [1.29, 1.82) is 0 Å². The van der Waals surface area contributed by atoms with Crippen molar-refractivity contribution in [1.82, 2.24) is 10.6 Å². The summed E-state index contributed by atoms with van der Waals surface area (Å²) >= 11 is 0. The van der Waals surface area contributed by atoms with E-state index in [1.165, 1.54) is 0 Å². The molecular formula is C24H34N2O5. The Morgan fingerprint density at radius 3 is 2.65 bits per heavy atom. The molecule has 170 valence electrons. The summed E-state index contributed by atoms with van der Waals surface area (Å²) < 4.78 is 5.28. The van der Waals surface area contributed by atoms with Gasteiger partial charge in [0.2, 0.25) is 11.8 Å². The number of aliphatic hydroxyl groups is 1. The highest BCUT2D eigenvalue weighted by atomic mass is 16.5. The van der Waals surface area contributed by atoms with Crippen molar-refractivity contribution in [3.05, 3.63) is 48.0 Å². The number of esters is 1. The van der Waals surface area contributed by atoms with Crippen LogP contribution in [0.2, 0.25) is 0 Å². The fraction of sp³-hybridized carbons (Fsp3) is 0.542. The second-order valence-corrected chi connectivity index (χ2v) is 8.33. The van der Waals surface area contributed by atoms with Gasteiger partial charge in [-0.25, -0.2) is 0 Å². The predicted molar refractivity (Wildman–Crippen MR) is 118 cm³/mol. The van der Waals surface area contributed by atoms with Crippen LogP contribution >= 0.6 is 0 Å². The summed E-state index contributed by atoms with van der Waals surface area (Å²) in [6.07, 6.45) is 5.44. The van der Waals surface area contributed by atoms with Crippen LogP contribution in [0.3, 0.4) is 0 Å². The lowest BCUT2D eigenvalue weighted by Gasteiger charge is -2.25. The molecule has 3 unspecified atom stereocenters. The topological polar surface area (TPSA) is 105 Å². The van der Waals surface area contributed by atoms with Crippen LogP contribution in [0.5, 0.6) is 0 Å². The van der Waals surface area contributed by atoms with E-state index >= 15 is 0 Å². The monoisotopic (exact) mass is 430 g/mol. The van der Waals surface area contributed by atoms with E-state index in [1.54, 1.807) is 0 Å². The molecule has 0 spiro atoms. The summed E-state index contributed by atoms with van der Waals surface area (Å²) in [5, 5.41) is 15.5. The average molecular weight is 431 g/mol. The lowest BCUT2D eigenvalue weighted by Crippen LogP contribution is -2.46. The summed E-state index contributed by atoms with van der Waals surface area (Å²) in [5.74, 6) is -1.26. The molecule has 3 N–H and O–H groups in total. The summed E-state index contributed by atoms with van der Waals surface area (Å²) in [7, 11) is 0. The van der Waals surface area contributed by atoms with Crippen LogP contribution in [0.1, 0.15) is 45.1 Å². The molecule has 2 amide bonds. The molecule has 1 aliphatic heterocycles. The minimum Gasteiger partial charge on any atom is -0.463 e. The quantitative estimate of drug-likeness (QED) is 0.454. The lowest BCUT2D eigenvalue weighted by atomic mass is 9.96. The van der Waals surface area contributed by atoms with E-state index in [4.69, 9.17) is 4.74 Å². The fourth-order valence-corrected chi connectivity index (χ4v) is 3.39. The third-order valence-corrected chi connectivity index (χ3v) is 5.37. The van der Waals surface area contributed by atoms with Crippen molar-refractivity contribution in [2.45, 2.75) is 58.0 Å². The van der Waals surface area contributed by atoms with Gasteiger partial charge in [-0.05, 0) is 30.7 Å². The average Bonchev–Trinajstić information content (AvgIpc) is 2.74. The molecule has 0 fully saturated rings. The summed E-state index contributed by atoms with van der Waals surface area (Å²) in [6, 6.07) is 8.90. The Labute approximate surface area is 184 Å². The maximum atomic E-state index is 12.9. The Balaban J connectivity index is 2.02. The molecule has 7 nitrogen and oxygen atoms in total. The second-order valence-electron chi connectivity index (χ2n) is 8.33. The number of benzene rings is 1. The van der Waals surface area contributed by atoms with Crippen molar-refractivity contribution < 1.29 is 24.2 Å². The van der Waals surface area contributed by atoms with Crippen molar-refractivity contribution in [2.24, 2.45) is 11.8 Å². The number of aliphatic hydroxyl groups excluding tert-OH is 1. The smallest absolute Gasteiger partial charge is 0.306 e. The van der Waals surface area contributed by atoms with Gasteiger partial charge in [-0.3, -0.25) is 14.4 Å². The number of allylic oxidation sites excluding steroid dienone is 2. The number of hydrogen-bond donors (Lipinski definition) is 3. The first kappa shape index (κ1) is 24.6. The summed E-state index contributed by atoms with van der Waals surface area (Å²) in [5.41, 5.74) is 1.02. The number of rotatable bonds is 7. The predicted octanol–water partition coefficient (Wildman–Crippen LogP) is 2.14. The van der Waals surface area contributed by atoms with Crippen molar-refractivity contribution >= 4 is 17.8 Å². The molecule has 31 heavy (non-hydrogen) atoms. The largest absolute Gasteiger partial charge is 0.463 e. The normalized spacial score (nSPS) is 21.4. The number of hydrogen-bond acceptors (Lipinski definition) is 5. The van der Waals surface area contributed by atoms with Crippen LogP contribution in [0, 0.1) is 11.8 Å². The maximum absolute atomic E-state index is 12.9. The van der Waals surface area contributed by atoms with Gasteiger partial charge in [0.1, 0.15) is 6.61 Å². The standard InChI is InChI=1S/C24H34N2O5/c1-17(2)21-16-31-23(29)12-8-4-7-11-19(24(30)26-21)14-22(28)25-20(15-27)13-18-9-5-3-6-10-18/h3-7,9-10,17,19-21,27H,8,11-16H2,1-2H3,(H,25,28)(H,26,30). The Hall–Kier alpha value is -2.67. The highest BCUT2D eigenvalue weighted by Gasteiger charge is 2.26. The van der Waals surface area contributed by atoms with Crippen LogP contribution in [-0.2, 0) is 25.5 Å². The highest BCUT2D eigenvalue weighted by Crippen LogP contribution is 2.15. The van der Waals surface area contributed by atoms with E-state index in [0.717, 1.165) is 5.56 Å². The fourth-order valence-electron chi connectivity index (χ4n) is 3.39. The number of cyclic esters (lactones) is 1. The summed E-state index contributed by atoms with van der Waals surface area (Å²) in [6.45, 7) is 3.83. The molecular weight excluding hydrogens is 396 g/mol. The van der Waals surface area contributed by atoms with Crippen LogP contribution in [-0.4, -0.2) is 48.2 Å². The SMILES string of the molecule is CC(C)C1COC(=O)CCC=CCC(CC(=O)NC(CO)Cc2ccccc2)C(=O)N1. The van der Waals surface area contributed by atoms with Gasteiger partial charge in [0.25, 0.3) is 0 Å². The van der Waals surface area contributed by atoms with E-state index < -0.39 is 12.0 Å². The number of ether oxygens (including phenoxy) is 1. The van der Waals surface area contributed by atoms with Gasteiger partial charge in [0.05, 0.1) is 24.6 Å². The minimum atomic E-state index is -0.538. The van der Waals surface area contributed by atoms with Crippen LogP contribution in [0.4, 0.5) is 0 Å². The third-order valence-electron chi connectivity index (χ3n) is 5.37. The summed E-state index contributed by atoms with van der Waals surface area (Å²) in [4.78, 5) is 37.3. The lowest BCUT2D eigenvalue weighted by molar-refractivity contribution is -0.145. The molecule has 2 rings (SSSR count). The molecule has 7 heteroatoms. The Kier molecular flexibility index (Phi) is 10.2. The molecule has 0 aliphatic carbocycles. The van der Waals surface area contributed by atoms with E-state index in [9.17, 15) is 19.5 Å². The van der Waals surface area contributed by atoms with E-state index in [1.807, 2.05) is 56.3 Å². The maximum Gasteiger partial charge on any atom is 0.306 e. The van der Waals surface area contributed by atoms with Crippen molar-refractivity contribution in [2.75, 3.05) is 13.2 Å². The molecule has 1 aromatic rings. The van der Waals surface area contributed by atoms with Crippen LogP contribution in [0.15, 0.2) is 42.5 Å². The molecule has 0 saturated carbocycles. The van der Waals surface area contributed by atoms with Crippen LogP contribution < -0.4 is 10.6 Å². The van der Waals surface area contributed by atoms with Crippen molar-refractivity contribution in [3.8, 4) is 0 Å². The van der Waals surface area contributed by atoms with E-state index in [2.05, 4.69) is 10.6 Å². The number of carbonyl (C=O) groups excluding carboxylic acids is 3. The van der Waals surface area contributed by atoms with Gasteiger partial charge >= 0.3 is 5.97 Å². The minimum absolute atomic E-state index is 0.0199. The van der Waals surface area contributed by atoms with E-state index in [0.29, 0.717) is 19.3 Å². The number of nitrogens with one attached hydrogen (secondary N) is 2. The van der Waals surface area contributed by atoms with Gasteiger partial charge in [-0.15, -0.1) is 0 Å². The van der Waals surface area contributed by atoms with Gasteiger partial charge in [0, 0.05) is 12.8 Å². The molecule has 0 saturated heterocycles. The molecule has 0 bridgehead atoms. The highest BCUT2D eigenvalue weighted by molar-refractivity contribution is 5.86. The van der Waals surface area contributed by atoms with Gasteiger partial charge < -0.3 is 20.5 Å². The number of carbonyl (C=O) groups is 3. The first-order valence-corrected chi connectivity index (χ1v) is 10.9. The second kappa shape index (κ2) is 12.9. The third kappa shape index (κ3) is 8.92. The zero-order valence-corrected chi connectivity index (χ0v) is 18.4. The Bertz CT molecular complexity index is 748. The molecule has 0 radical (unpaired) electrons.